The predicted octanol–water partition coefficient (Wildman–Crippen LogP) is 3.29. The van der Waals surface area contributed by atoms with Gasteiger partial charge in [-0.3, -0.25) is 9.48 Å². The number of rotatable bonds is 8. The minimum Gasteiger partial charge on any atom is -0.493 e. The lowest BCUT2D eigenvalue weighted by molar-refractivity contribution is 0.0954. The maximum absolute atomic E-state index is 12.5. The van der Waals surface area contributed by atoms with Crippen LogP contribution in [-0.4, -0.2) is 43.2 Å². The Morgan fingerprint density at radius 1 is 1.25 bits per heavy atom. The van der Waals surface area contributed by atoms with Crippen molar-refractivity contribution in [2.24, 2.45) is 11.0 Å². The number of hydrogen-bond acceptors (Lipinski definition) is 6. The molecule has 28 heavy (non-hydrogen) atoms. The van der Waals surface area contributed by atoms with Gasteiger partial charge in [-0.15, -0.1) is 0 Å². The fraction of sp³-hybridized carbons (Fsp3) is 0.421. The van der Waals surface area contributed by atoms with Crippen LogP contribution in [0.3, 0.4) is 0 Å². The minimum absolute atomic E-state index is 0.310. The Morgan fingerprint density at radius 2 is 1.86 bits per heavy atom. The number of amides is 1. The summed E-state index contributed by atoms with van der Waals surface area (Å²) in [6.45, 7) is 6.70. The smallest absolute Gasteiger partial charge is 0.271 e. The number of halogens is 1. The SMILES string of the molecule is COc1cc(C(=O)N/N=C\c2c(C)nn(CC(C)C)c2Cl)cc(OC)c1OC. The first-order chi connectivity index (χ1) is 13.3. The molecule has 0 radical (unpaired) electrons. The van der Waals surface area contributed by atoms with E-state index in [1.54, 1.807) is 16.8 Å². The molecule has 1 heterocycles. The van der Waals surface area contributed by atoms with Gasteiger partial charge in [0.2, 0.25) is 5.75 Å². The number of aromatic nitrogens is 2. The standard InChI is InChI=1S/C19H25ClN4O4/c1-11(2)10-24-18(20)14(12(3)23-24)9-21-22-19(25)13-7-15(26-4)17(28-6)16(8-13)27-5/h7-9,11H,10H2,1-6H3,(H,22,25)/b21-9-. The van der Waals surface area contributed by atoms with Gasteiger partial charge >= 0.3 is 0 Å². The van der Waals surface area contributed by atoms with Gasteiger partial charge in [-0.2, -0.15) is 10.2 Å². The molecule has 1 N–H and O–H groups in total. The number of methoxy groups -OCH3 is 3. The van der Waals surface area contributed by atoms with E-state index in [1.807, 2.05) is 6.92 Å². The first-order valence-corrected chi connectivity index (χ1v) is 9.06. The van der Waals surface area contributed by atoms with Crippen LogP contribution in [0.15, 0.2) is 17.2 Å². The molecule has 0 saturated carbocycles. The van der Waals surface area contributed by atoms with Crippen molar-refractivity contribution in [2.75, 3.05) is 21.3 Å². The summed E-state index contributed by atoms with van der Waals surface area (Å²) in [6, 6.07) is 3.09. The van der Waals surface area contributed by atoms with Crippen molar-refractivity contribution in [1.29, 1.82) is 0 Å². The van der Waals surface area contributed by atoms with E-state index in [0.717, 1.165) is 5.69 Å². The van der Waals surface area contributed by atoms with Gasteiger partial charge in [0, 0.05) is 12.1 Å². The molecular formula is C19H25ClN4O4. The van der Waals surface area contributed by atoms with Gasteiger partial charge in [-0.05, 0) is 25.0 Å². The molecule has 152 valence electrons. The van der Waals surface area contributed by atoms with Crippen LogP contribution in [0.2, 0.25) is 5.15 Å². The predicted molar refractivity (Wildman–Crippen MR) is 108 cm³/mol. The Kier molecular flexibility index (Phi) is 7.28. The van der Waals surface area contributed by atoms with Crippen LogP contribution in [0.4, 0.5) is 0 Å². The summed E-state index contributed by atoms with van der Waals surface area (Å²) in [5.74, 6) is 1.14. The molecule has 0 saturated heterocycles. The second kappa shape index (κ2) is 9.45. The highest BCUT2D eigenvalue weighted by molar-refractivity contribution is 6.32. The summed E-state index contributed by atoms with van der Waals surface area (Å²) >= 11 is 6.37. The van der Waals surface area contributed by atoms with Crippen molar-refractivity contribution >= 4 is 23.7 Å². The van der Waals surface area contributed by atoms with E-state index in [0.29, 0.717) is 46.0 Å². The molecule has 0 aliphatic heterocycles. The Bertz CT molecular complexity index is 852. The summed E-state index contributed by atoms with van der Waals surface area (Å²) in [5.41, 5.74) is 4.18. The minimum atomic E-state index is -0.432. The van der Waals surface area contributed by atoms with Crippen LogP contribution in [0, 0.1) is 12.8 Å². The lowest BCUT2D eigenvalue weighted by Gasteiger charge is -2.13. The number of aryl methyl sites for hydroxylation is 1. The molecule has 8 nitrogen and oxygen atoms in total. The van der Waals surface area contributed by atoms with E-state index in [1.165, 1.54) is 27.5 Å². The summed E-state index contributed by atoms with van der Waals surface area (Å²) in [7, 11) is 4.46. The molecule has 0 fully saturated rings. The molecule has 0 aliphatic carbocycles. The third kappa shape index (κ3) is 4.75. The number of ether oxygens (including phenoxy) is 3. The molecule has 2 rings (SSSR count). The third-order valence-electron chi connectivity index (χ3n) is 3.93. The molecule has 0 unspecified atom stereocenters. The number of hydrazone groups is 1. The molecule has 0 atom stereocenters. The molecule has 0 spiro atoms. The summed E-state index contributed by atoms with van der Waals surface area (Å²) in [6.07, 6.45) is 1.48. The maximum Gasteiger partial charge on any atom is 0.271 e. The monoisotopic (exact) mass is 408 g/mol. The second-order valence-electron chi connectivity index (χ2n) is 6.48. The molecule has 9 heteroatoms. The Hall–Kier alpha value is -2.74. The normalized spacial score (nSPS) is 11.1. The first kappa shape index (κ1) is 21.6. The van der Waals surface area contributed by atoms with Gasteiger partial charge in [0.1, 0.15) is 5.15 Å². The number of hydrogen-bond donors (Lipinski definition) is 1. The zero-order chi connectivity index (χ0) is 20.8. The third-order valence-corrected chi connectivity index (χ3v) is 4.33. The van der Waals surface area contributed by atoms with Crippen molar-refractivity contribution in [1.82, 2.24) is 15.2 Å². The highest BCUT2D eigenvalue weighted by Crippen LogP contribution is 2.38. The largest absolute Gasteiger partial charge is 0.493 e. The van der Waals surface area contributed by atoms with Gasteiger partial charge in [-0.25, -0.2) is 5.43 Å². The Balaban J connectivity index is 2.20. The highest BCUT2D eigenvalue weighted by atomic mass is 35.5. The van der Waals surface area contributed by atoms with Gasteiger partial charge in [0.05, 0.1) is 38.8 Å². The molecule has 1 amide bonds. The zero-order valence-corrected chi connectivity index (χ0v) is 17.6. The maximum atomic E-state index is 12.5. The summed E-state index contributed by atoms with van der Waals surface area (Å²) < 4.78 is 17.5. The van der Waals surface area contributed by atoms with Crippen molar-refractivity contribution in [2.45, 2.75) is 27.3 Å². The molecule has 0 aliphatic rings. The number of nitrogens with one attached hydrogen (secondary N) is 1. The van der Waals surface area contributed by atoms with E-state index in [-0.39, 0.29) is 0 Å². The van der Waals surface area contributed by atoms with Crippen LogP contribution >= 0.6 is 11.6 Å². The van der Waals surface area contributed by atoms with Crippen molar-refractivity contribution in [3.05, 3.63) is 34.1 Å². The van der Waals surface area contributed by atoms with Crippen molar-refractivity contribution in [3.63, 3.8) is 0 Å². The van der Waals surface area contributed by atoms with Crippen LogP contribution < -0.4 is 19.6 Å². The van der Waals surface area contributed by atoms with Crippen molar-refractivity contribution in [3.8, 4) is 17.2 Å². The summed E-state index contributed by atoms with van der Waals surface area (Å²) in [4.78, 5) is 12.5. The highest BCUT2D eigenvalue weighted by Gasteiger charge is 2.17. The van der Waals surface area contributed by atoms with E-state index in [2.05, 4.69) is 29.5 Å². The van der Waals surface area contributed by atoms with Crippen LogP contribution in [0.1, 0.15) is 35.5 Å². The average molecular weight is 409 g/mol. The Morgan fingerprint density at radius 3 is 2.36 bits per heavy atom. The van der Waals surface area contributed by atoms with E-state index < -0.39 is 5.91 Å². The average Bonchev–Trinajstić information content (AvgIpc) is 2.93. The van der Waals surface area contributed by atoms with Crippen LogP contribution in [-0.2, 0) is 6.54 Å². The molecule has 1 aromatic carbocycles. The van der Waals surface area contributed by atoms with Gasteiger partial charge < -0.3 is 14.2 Å². The molecule has 1 aromatic heterocycles. The van der Waals surface area contributed by atoms with E-state index in [9.17, 15) is 4.79 Å². The quantitative estimate of drug-likeness (QED) is 0.535. The molecule has 0 bridgehead atoms. The first-order valence-electron chi connectivity index (χ1n) is 8.68. The van der Waals surface area contributed by atoms with Gasteiger partial charge in [0.15, 0.2) is 11.5 Å². The lowest BCUT2D eigenvalue weighted by Crippen LogP contribution is -2.18. The van der Waals surface area contributed by atoms with Crippen LogP contribution in [0.5, 0.6) is 17.2 Å². The number of carbonyl (C=O) groups excluding carboxylic acids is 1. The second-order valence-corrected chi connectivity index (χ2v) is 6.84. The van der Waals surface area contributed by atoms with Crippen LogP contribution in [0.25, 0.3) is 0 Å². The lowest BCUT2D eigenvalue weighted by atomic mass is 10.1. The van der Waals surface area contributed by atoms with E-state index in [4.69, 9.17) is 25.8 Å². The fourth-order valence-corrected chi connectivity index (χ4v) is 2.91. The fourth-order valence-electron chi connectivity index (χ4n) is 2.61. The molecular weight excluding hydrogens is 384 g/mol. The van der Waals surface area contributed by atoms with Crippen molar-refractivity contribution < 1.29 is 19.0 Å². The number of carbonyl (C=O) groups is 1. The van der Waals surface area contributed by atoms with Gasteiger partial charge in [-0.1, -0.05) is 25.4 Å². The summed E-state index contributed by atoms with van der Waals surface area (Å²) in [5, 5.41) is 8.90. The molecule has 2 aromatic rings. The van der Waals surface area contributed by atoms with E-state index >= 15 is 0 Å². The number of benzene rings is 1. The Labute approximate surface area is 169 Å². The van der Waals surface area contributed by atoms with Gasteiger partial charge in [0.25, 0.3) is 5.91 Å². The topological polar surface area (TPSA) is 87.0 Å². The number of nitrogens with zero attached hydrogens (tertiary/aromatic N) is 3. The zero-order valence-electron chi connectivity index (χ0n) is 16.9.